The SMILES string of the molecule is C#CCNC(=NCC(C)(C)SC)NCC.I. The van der Waals surface area contributed by atoms with Crippen LogP contribution in [0.1, 0.15) is 20.8 Å². The van der Waals surface area contributed by atoms with E-state index in [1.54, 1.807) is 0 Å². The molecule has 0 unspecified atom stereocenters. The fourth-order valence-electron chi connectivity index (χ4n) is 0.810. The van der Waals surface area contributed by atoms with Crippen molar-refractivity contribution >= 4 is 41.7 Å². The van der Waals surface area contributed by atoms with E-state index in [0.29, 0.717) is 6.54 Å². The van der Waals surface area contributed by atoms with Gasteiger partial charge in [0.1, 0.15) is 0 Å². The van der Waals surface area contributed by atoms with Crippen LogP contribution < -0.4 is 10.6 Å². The maximum Gasteiger partial charge on any atom is 0.192 e. The summed E-state index contributed by atoms with van der Waals surface area (Å²) in [4.78, 5) is 4.47. The Bertz CT molecular complexity index is 246. The van der Waals surface area contributed by atoms with Crippen molar-refractivity contribution in [1.29, 1.82) is 0 Å². The Morgan fingerprint density at radius 2 is 2.06 bits per heavy atom. The molecule has 94 valence electrons. The summed E-state index contributed by atoms with van der Waals surface area (Å²) in [5.74, 6) is 3.32. The molecule has 0 saturated carbocycles. The highest BCUT2D eigenvalue weighted by atomic mass is 127. The molecule has 0 aliphatic heterocycles. The number of halogens is 1. The van der Waals surface area contributed by atoms with Crippen molar-refractivity contribution in [3.63, 3.8) is 0 Å². The zero-order valence-electron chi connectivity index (χ0n) is 10.5. The third-order valence-electron chi connectivity index (χ3n) is 1.87. The first kappa shape index (κ1) is 18.3. The van der Waals surface area contributed by atoms with Gasteiger partial charge in [0.05, 0.1) is 13.1 Å². The Morgan fingerprint density at radius 3 is 2.50 bits per heavy atom. The minimum absolute atomic E-state index is 0. The minimum Gasteiger partial charge on any atom is -0.357 e. The third-order valence-corrected chi connectivity index (χ3v) is 3.11. The molecule has 0 rings (SSSR count). The number of terminal acetylenes is 1. The zero-order chi connectivity index (χ0) is 11.7. The summed E-state index contributed by atoms with van der Waals surface area (Å²) in [6, 6.07) is 0. The molecule has 0 radical (unpaired) electrons. The Labute approximate surface area is 121 Å². The molecule has 0 aliphatic carbocycles. The smallest absolute Gasteiger partial charge is 0.192 e. The second-order valence-corrected chi connectivity index (χ2v) is 5.23. The number of nitrogens with zero attached hydrogens (tertiary/aromatic N) is 1. The quantitative estimate of drug-likeness (QED) is 0.343. The van der Waals surface area contributed by atoms with Crippen LogP contribution in [0, 0.1) is 12.3 Å². The Balaban J connectivity index is 0. The Hall–Kier alpha value is -0.0900. The van der Waals surface area contributed by atoms with Crippen LogP contribution in [0.4, 0.5) is 0 Å². The summed E-state index contributed by atoms with van der Waals surface area (Å²) < 4.78 is 0.165. The van der Waals surface area contributed by atoms with Crippen LogP contribution >= 0.6 is 35.7 Å². The lowest BCUT2D eigenvalue weighted by Crippen LogP contribution is -2.38. The van der Waals surface area contributed by atoms with Crippen LogP contribution in [0.3, 0.4) is 0 Å². The third kappa shape index (κ3) is 9.16. The molecule has 0 bridgehead atoms. The lowest BCUT2D eigenvalue weighted by molar-refractivity contribution is 0.715. The Morgan fingerprint density at radius 1 is 1.44 bits per heavy atom. The predicted molar refractivity (Wildman–Crippen MR) is 85.8 cm³/mol. The highest BCUT2D eigenvalue weighted by Gasteiger charge is 2.15. The minimum atomic E-state index is 0. The maximum atomic E-state index is 5.18. The average molecular weight is 355 g/mol. The van der Waals surface area contributed by atoms with Crippen molar-refractivity contribution in [2.45, 2.75) is 25.5 Å². The molecule has 0 heterocycles. The van der Waals surface area contributed by atoms with Gasteiger partial charge >= 0.3 is 0 Å². The van der Waals surface area contributed by atoms with Crippen LogP contribution in [-0.2, 0) is 0 Å². The van der Waals surface area contributed by atoms with Crippen molar-refractivity contribution in [3.05, 3.63) is 0 Å². The summed E-state index contributed by atoms with van der Waals surface area (Å²) >= 11 is 1.81. The van der Waals surface area contributed by atoms with E-state index in [1.807, 2.05) is 18.7 Å². The number of aliphatic imine (C=N–C) groups is 1. The summed E-state index contributed by atoms with van der Waals surface area (Å²) in [6.07, 6.45) is 7.28. The van der Waals surface area contributed by atoms with Gasteiger partial charge in [-0.2, -0.15) is 11.8 Å². The second kappa shape index (κ2) is 10.1. The molecule has 0 aromatic heterocycles. The average Bonchev–Trinajstić information content (AvgIpc) is 2.22. The van der Waals surface area contributed by atoms with Gasteiger partial charge in [-0.25, -0.2) is 0 Å². The van der Waals surface area contributed by atoms with Crippen molar-refractivity contribution in [1.82, 2.24) is 10.6 Å². The molecular formula is C11H22IN3S. The van der Waals surface area contributed by atoms with E-state index in [4.69, 9.17) is 6.42 Å². The van der Waals surface area contributed by atoms with Gasteiger partial charge in [-0.1, -0.05) is 5.92 Å². The molecule has 3 nitrogen and oxygen atoms in total. The van der Waals surface area contributed by atoms with Gasteiger partial charge < -0.3 is 10.6 Å². The largest absolute Gasteiger partial charge is 0.357 e. The van der Waals surface area contributed by atoms with Crippen LogP contribution in [0.5, 0.6) is 0 Å². The topological polar surface area (TPSA) is 36.4 Å². The zero-order valence-corrected chi connectivity index (χ0v) is 13.6. The number of rotatable bonds is 5. The first-order valence-electron chi connectivity index (χ1n) is 5.06. The van der Waals surface area contributed by atoms with E-state index in [1.165, 1.54) is 0 Å². The number of guanidine groups is 1. The van der Waals surface area contributed by atoms with E-state index < -0.39 is 0 Å². The molecular weight excluding hydrogens is 333 g/mol. The van der Waals surface area contributed by atoms with E-state index >= 15 is 0 Å². The molecule has 2 N–H and O–H groups in total. The number of hydrogen-bond acceptors (Lipinski definition) is 2. The van der Waals surface area contributed by atoms with E-state index in [0.717, 1.165) is 19.0 Å². The second-order valence-electron chi connectivity index (χ2n) is 3.72. The molecule has 0 atom stereocenters. The molecule has 0 aromatic carbocycles. The monoisotopic (exact) mass is 355 g/mol. The standard InChI is InChI=1S/C11H21N3S.HI/c1-6-8-13-10(12-7-2)14-9-11(3,4)15-5;/h1H,7-9H2,2-5H3,(H2,12,13,14);1H. The highest BCUT2D eigenvalue weighted by Crippen LogP contribution is 2.20. The van der Waals surface area contributed by atoms with Crippen LogP contribution in [0.25, 0.3) is 0 Å². The summed E-state index contributed by atoms with van der Waals surface area (Å²) in [7, 11) is 0. The normalized spacial score (nSPS) is 11.3. The van der Waals surface area contributed by atoms with Crippen LogP contribution in [0.15, 0.2) is 4.99 Å². The fraction of sp³-hybridized carbons (Fsp3) is 0.727. The molecule has 0 amide bonds. The van der Waals surface area contributed by atoms with E-state index in [9.17, 15) is 0 Å². The van der Waals surface area contributed by atoms with Crippen LogP contribution in [-0.4, -0.2) is 36.6 Å². The molecule has 0 aromatic rings. The molecule has 16 heavy (non-hydrogen) atoms. The Kier molecular flexibility index (Phi) is 11.5. The summed E-state index contributed by atoms with van der Waals surface area (Å²) in [6.45, 7) is 8.50. The van der Waals surface area contributed by atoms with Crippen molar-refractivity contribution in [2.24, 2.45) is 4.99 Å². The molecule has 5 heteroatoms. The van der Waals surface area contributed by atoms with Gasteiger partial charge in [-0.15, -0.1) is 30.4 Å². The van der Waals surface area contributed by atoms with E-state index in [2.05, 4.69) is 41.6 Å². The number of hydrogen-bond donors (Lipinski definition) is 2. The van der Waals surface area contributed by atoms with Crippen molar-refractivity contribution < 1.29 is 0 Å². The van der Waals surface area contributed by atoms with Crippen LogP contribution in [0.2, 0.25) is 0 Å². The van der Waals surface area contributed by atoms with Gasteiger partial charge in [0.15, 0.2) is 5.96 Å². The van der Waals surface area contributed by atoms with Crippen molar-refractivity contribution in [3.8, 4) is 12.3 Å². The number of nitrogens with one attached hydrogen (secondary N) is 2. The van der Waals surface area contributed by atoms with Gasteiger partial charge in [-0.05, 0) is 27.0 Å². The van der Waals surface area contributed by atoms with Gasteiger partial charge in [0, 0.05) is 11.3 Å². The molecule has 0 fully saturated rings. The summed E-state index contributed by atoms with van der Waals surface area (Å²) in [5, 5.41) is 6.21. The van der Waals surface area contributed by atoms with Crippen molar-refractivity contribution in [2.75, 3.05) is 25.9 Å². The first-order chi connectivity index (χ1) is 7.05. The van der Waals surface area contributed by atoms with Gasteiger partial charge in [-0.3, -0.25) is 4.99 Å². The molecule has 0 spiro atoms. The van der Waals surface area contributed by atoms with Gasteiger partial charge in [0.25, 0.3) is 0 Å². The lowest BCUT2D eigenvalue weighted by atomic mass is 10.2. The molecule has 0 saturated heterocycles. The number of thioether (sulfide) groups is 1. The predicted octanol–water partition coefficient (Wildman–Crippen LogP) is 1.93. The first-order valence-corrected chi connectivity index (χ1v) is 6.29. The maximum absolute atomic E-state index is 5.18. The lowest BCUT2D eigenvalue weighted by Gasteiger charge is -2.20. The highest BCUT2D eigenvalue weighted by molar-refractivity contribution is 14.0. The van der Waals surface area contributed by atoms with Gasteiger partial charge in [0.2, 0.25) is 0 Å². The summed E-state index contributed by atoms with van der Waals surface area (Å²) in [5.41, 5.74) is 0. The van der Waals surface area contributed by atoms with E-state index in [-0.39, 0.29) is 28.7 Å². The fourth-order valence-corrected chi connectivity index (χ4v) is 1.00. The molecule has 0 aliphatic rings.